The van der Waals surface area contributed by atoms with Crippen LogP contribution in [0, 0.1) is 5.82 Å². The van der Waals surface area contributed by atoms with Crippen molar-refractivity contribution in [3.05, 3.63) is 21.9 Å². The van der Waals surface area contributed by atoms with Crippen LogP contribution in [0.25, 0.3) is 0 Å². The standard InChI is InChI=1S/C12H16BrFN2O2/c13-9-7-10(17)12(18)8(11(9)14)1-4-16-5-2-15-3-6-16/h7,15,17-18H,1-6H2. The first kappa shape index (κ1) is 13.6. The van der Waals surface area contributed by atoms with E-state index < -0.39 is 5.82 Å². The molecular weight excluding hydrogens is 303 g/mol. The maximum atomic E-state index is 13.8. The fraction of sp³-hybridized carbons (Fsp3) is 0.500. The molecule has 0 aliphatic carbocycles. The van der Waals surface area contributed by atoms with E-state index in [-0.39, 0.29) is 21.5 Å². The van der Waals surface area contributed by atoms with Crippen LogP contribution in [0.15, 0.2) is 10.5 Å². The molecule has 4 nitrogen and oxygen atoms in total. The number of nitrogens with one attached hydrogen (secondary N) is 1. The first-order valence-corrected chi connectivity index (χ1v) is 6.70. The van der Waals surface area contributed by atoms with Crippen molar-refractivity contribution in [2.45, 2.75) is 6.42 Å². The van der Waals surface area contributed by atoms with E-state index >= 15 is 0 Å². The zero-order valence-electron chi connectivity index (χ0n) is 9.92. The van der Waals surface area contributed by atoms with Gasteiger partial charge in [0.1, 0.15) is 5.82 Å². The minimum atomic E-state index is -0.500. The van der Waals surface area contributed by atoms with Crippen LogP contribution in [0.4, 0.5) is 4.39 Å². The molecule has 0 aromatic heterocycles. The van der Waals surface area contributed by atoms with E-state index in [1.807, 2.05) is 0 Å². The second-order valence-electron chi connectivity index (χ2n) is 4.36. The molecule has 2 rings (SSSR count). The lowest BCUT2D eigenvalue weighted by molar-refractivity contribution is 0.242. The summed E-state index contributed by atoms with van der Waals surface area (Å²) in [6, 6.07) is 1.17. The predicted molar refractivity (Wildman–Crippen MR) is 70.4 cm³/mol. The van der Waals surface area contributed by atoms with Crippen LogP contribution in [-0.4, -0.2) is 47.8 Å². The lowest BCUT2D eigenvalue weighted by atomic mass is 10.1. The van der Waals surface area contributed by atoms with Gasteiger partial charge < -0.3 is 20.4 Å². The third kappa shape index (κ3) is 2.93. The van der Waals surface area contributed by atoms with Crippen LogP contribution < -0.4 is 5.32 Å². The van der Waals surface area contributed by atoms with Crippen LogP contribution in [-0.2, 0) is 6.42 Å². The zero-order chi connectivity index (χ0) is 13.1. The smallest absolute Gasteiger partial charge is 0.163 e. The second kappa shape index (κ2) is 5.86. The Hall–Kier alpha value is -0.850. The van der Waals surface area contributed by atoms with E-state index in [1.165, 1.54) is 6.07 Å². The van der Waals surface area contributed by atoms with Gasteiger partial charge >= 0.3 is 0 Å². The number of halogens is 2. The van der Waals surface area contributed by atoms with E-state index in [4.69, 9.17) is 0 Å². The highest BCUT2D eigenvalue weighted by Gasteiger charge is 2.18. The van der Waals surface area contributed by atoms with Crippen molar-refractivity contribution < 1.29 is 14.6 Å². The minimum absolute atomic E-state index is 0.167. The Morgan fingerprint density at radius 2 is 2.00 bits per heavy atom. The summed E-state index contributed by atoms with van der Waals surface area (Å²) in [6.45, 7) is 4.36. The quantitative estimate of drug-likeness (QED) is 0.738. The van der Waals surface area contributed by atoms with E-state index in [1.54, 1.807) is 0 Å². The molecule has 0 unspecified atom stereocenters. The van der Waals surface area contributed by atoms with Gasteiger partial charge in [-0.25, -0.2) is 4.39 Å². The van der Waals surface area contributed by atoms with Crippen molar-refractivity contribution in [3.63, 3.8) is 0 Å². The van der Waals surface area contributed by atoms with Gasteiger partial charge in [0.15, 0.2) is 11.5 Å². The Labute approximate surface area is 114 Å². The van der Waals surface area contributed by atoms with Crippen LogP contribution in [0.5, 0.6) is 11.5 Å². The van der Waals surface area contributed by atoms with Crippen molar-refractivity contribution in [1.82, 2.24) is 10.2 Å². The average molecular weight is 319 g/mol. The van der Waals surface area contributed by atoms with Crippen LogP contribution in [0.2, 0.25) is 0 Å². The molecular formula is C12H16BrFN2O2. The van der Waals surface area contributed by atoms with Gasteiger partial charge in [0.25, 0.3) is 0 Å². The van der Waals surface area contributed by atoms with Crippen molar-refractivity contribution in [3.8, 4) is 11.5 Å². The van der Waals surface area contributed by atoms with Crippen LogP contribution >= 0.6 is 15.9 Å². The average Bonchev–Trinajstić information content (AvgIpc) is 2.38. The van der Waals surface area contributed by atoms with Crippen LogP contribution in [0.1, 0.15) is 5.56 Å². The molecule has 0 bridgehead atoms. The number of benzene rings is 1. The molecule has 0 atom stereocenters. The predicted octanol–water partition coefficient (Wildman–Crippen LogP) is 1.45. The zero-order valence-corrected chi connectivity index (χ0v) is 11.5. The monoisotopic (exact) mass is 318 g/mol. The van der Waals surface area contributed by atoms with Crippen molar-refractivity contribution in [2.24, 2.45) is 0 Å². The third-order valence-electron chi connectivity index (χ3n) is 3.15. The molecule has 18 heavy (non-hydrogen) atoms. The normalized spacial score (nSPS) is 17.0. The van der Waals surface area contributed by atoms with Crippen molar-refractivity contribution in [2.75, 3.05) is 32.7 Å². The number of hydrogen-bond donors (Lipinski definition) is 3. The number of nitrogens with zero attached hydrogens (tertiary/aromatic N) is 1. The third-order valence-corrected chi connectivity index (χ3v) is 3.73. The van der Waals surface area contributed by atoms with Gasteiger partial charge in [0, 0.05) is 44.4 Å². The molecule has 3 N–H and O–H groups in total. The Kier molecular flexibility index (Phi) is 4.42. The summed E-state index contributed by atoms with van der Waals surface area (Å²) in [7, 11) is 0. The Morgan fingerprint density at radius 3 is 2.67 bits per heavy atom. The molecule has 1 aliphatic heterocycles. The maximum Gasteiger partial charge on any atom is 0.163 e. The molecule has 0 amide bonds. The summed E-state index contributed by atoms with van der Waals surface area (Å²) in [6.07, 6.45) is 0.380. The van der Waals surface area contributed by atoms with Gasteiger partial charge in [-0.3, -0.25) is 0 Å². The van der Waals surface area contributed by atoms with Crippen LogP contribution in [0.3, 0.4) is 0 Å². The number of hydrogen-bond acceptors (Lipinski definition) is 4. The van der Waals surface area contributed by atoms with E-state index in [0.29, 0.717) is 13.0 Å². The van der Waals surface area contributed by atoms with Crippen molar-refractivity contribution in [1.29, 1.82) is 0 Å². The fourth-order valence-corrected chi connectivity index (χ4v) is 2.54. The van der Waals surface area contributed by atoms with Gasteiger partial charge in [-0.2, -0.15) is 0 Å². The van der Waals surface area contributed by atoms with Gasteiger partial charge in [-0.05, 0) is 22.4 Å². The maximum absolute atomic E-state index is 13.8. The number of aromatic hydroxyl groups is 2. The highest BCUT2D eigenvalue weighted by Crippen LogP contribution is 2.35. The SMILES string of the molecule is Oc1cc(Br)c(F)c(CCN2CCNCC2)c1O. The molecule has 1 heterocycles. The van der Waals surface area contributed by atoms with Crippen molar-refractivity contribution >= 4 is 15.9 Å². The second-order valence-corrected chi connectivity index (χ2v) is 5.21. The summed E-state index contributed by atoms with van der Waals surface area (Å²) in [5, 5.41) is 22.4. The van der Waals surface area contributed by atoms with Gasteiger partial charge in [0.2, 0.25) is 0 Å². The molecule has 1 aromatic rings. The summed E-state index contributed by atoms with van der Waals surface area (Å²) in [4.78, 5) is 2.20. The number of piperazine rings is 1. The molecule has 100 valence electrons. The molecule has 1 aliphatic rings. The highest BCUT2D eigenvalue weighted by atomic mass is 79.9. The lowest BCUT2D eigenvalue weighted by Crippen LogP contribution is -2.44. The molecule has 0 saturated carbocycles. The first-order chi connectivity index (χ1) is 8.59. The summed E-state index contributed by atoms with van der Waals surface area (Å²) in [5.74, 6) is -1.15. The lowest BCUT2D eigenvalue weighted by Gasteiger charge is -2.27. The summed E-state index contributed by atoms with van der Waals surface area (Å²) in [5.41, 5.74) is 0.167. The molecule has 0 spiro atoms. The minimum Gasteiger partial charge on any atom is -0.504 e. The first-order valence-electron chi connectivity index (χ1n) is 5.91. The Bertz CT molecular complexity index is 410. The molecule has 0 radical (unpaired) electrons. The molecule has 1 fully saturated rings. The van der Waals surface area contributed by atoms with E-state index in [9.17, 15) is 14.6 Å². The summed E-state index contributed by atoms with van der Waals surface area (Å²) < 4.78 is 14.0. The Balaban J connectivity index is 2.08. The molecule has 6 heteroatoms. The van der Waals surface area contributed by atoms with Gasteiger partial charge in [-0.1, -0.05) is 0 Å². The molecule has 1 aromatic carbocycles. The Morgan fingerprint density at radius 1 is 1.33 bits per heavy atom. The highest BCUT2D eigenvalue weighted by molar-refractivity contribution is 9.10. The van der Waals surface area contributed by atoms with Gasteiger partial charge in [0.05, 0.1) is 4.47 Å². The molecule has 1 saturated heterocycles. The van der Waals surface area contributed by atoms with E-state index in [0.717, 1.165) is 26.2 Å². The largest absolute Gasteiger partial charge is 0.504 e. The fourth-order valence-electron chi connectivity index (χ4n) is 2.09. The number of rotatable bonds is 3. The van der Waals surface area contributed by atoms with E-state index in [2.05, 4.69) is 26.1 Å². The van der Waals surface area contributed by atoms with Gasteiger partial charge in [-0.15, -0.1) is 0 Å². The number of phenolic OH excluding ortho intramolecular Hbond substituents is 2. The number of phenols is 2. The topological polar surface area (TPSA) is 55.7 Å². The summed E-state index contributed by atoms with van der Waals surface area (Å²) >= 11 is 3.03.